The van der Waals surface area contributed by atoms with Crippen molar-refractivity contribution in [1.82, 2.24) is 25.3 Å². The highest BCUT2D eigenvalue weighted by molar-refractivity contribution is 14.0. The topological polar surface area (TPSA) is 104 Å². The number of amides is 2. The molecular formula is C19H34IN7O3. The van der Waals surface area contributed by atoms with E-state index in [9.17, 15) is 9.59 Å². The minimum Gasteiger partial charge on any atom is -0.450 e. The number of nitrogens with zero attached hydrogens (tertiary/aromatic N) is 5. The lowest BCUT2D eigenvalue weighted by molar-refractivity contribution is -0.120. The minimum absolute atomic E-state index is 0. The first kappa shape index (κ1) is 26.0. The zero-order valence-corrected chi connectivity index (χ0v) is 20.8. The largest absolute Gasteiger partial charge is 0.450 e. The highest BCUT2D eigenvalue weighted by atomic mass is 127. The van der Waals surface area contributed by atoms with Crippen LogP contribution in [0, 0.1) is 5.92 Å². The molecule has 0 aliphatic carbocycles. The minimum atomic E-state index is -0.421. The molecule has 0 aromatic carbocycles. The molecule has 2 rings (SSSR count). The zero-order chi connectivity index (χ0) is 21.4. The number of alkyl carbamates (subject to hydrolysis) is 1. The molecule has 2 amide bonds. The summed E-state index contributed by atoms with van der Waals surface area (Å²) < 4.78 is 6.68. The summed E-state index contributed by atoms with van der Waals surface area (Å²) in [7, 11) is 3.52. The second-order valence-corrected chi connectivity index (χ2v) is 7.46. The fraction of sp³-hybridized carbons (Fsp3) is 0.684. The van der Waals surface area contributed by atoms with Gasteiger partial charge in [0.25, 0.3) is 0 Å². The Morgan fingerprint density at radius 1 is 1.37 bits per heavy atom. The van der Waals surface area contributed by atoms with E-state index >= 15 is 0 Å². The molecule has 2 N–H and O–H groups in total. The zero-order valence-electron chi connectivity index (χ0n) is 18.4. The maximum absolute atomic E-state index is 12.6. The predicted octanol–water partition coefficient (Wildman–Crippen LogP) is 1.42. The smallest absolute Gasteiger partial charge is 0.407 e. The number of hydrogen-bond acceptors (Lipinski definition) is 5. The van der Waals surface area contributed by atoms with Gasteiger partial charge in [-0.15, -0.1) is 24.0 Å². The highest BCUT2D eigenvalue weighted by Gasteiger charge is 2.28. The first-order valence-corrected chi connectivity index (χ1v) is 10.0. The van der Waals surface area contributed by atoms with Crippen LogP contribution in [0.2, 0.25) is 0 Å². The molecule has 1 aliphatic heterocycles. The van der Waals surface area contributed by atoms with E-state index in [1.54, 1.807) is 29.7 Å². The quantitative estimate of drug-likeness (QED) is 0.311. The Kier molecular flexibility index (Phi) is 10.9. The van der Waals surface area contributed by atoms with Gasteiger partial charge in [-0.2, -0.15) is 5.10 Å². The van der Waals surface area contributed by atoms with Gasteiger partial charge < -0.3 is 25.2 Å². The van der Waals surface area contributed by atoms with Gasteiger partial charge in [0.15, 0.2) is 5.96 Å². The summed E-state index contributed by atoms with van der Waals surface area (Å²) in [6.45, 7) is 8.26. The summed E-state index contributed by atoms with van der Waals surface area (Å²) in [5.74, 6) is 1.05. The van der Waals surface area contributed by atoms with Crippen LogP contribution in [-0.4, -0.2) is 78.5 Å². The van der Waals surface area contributed by atoms with Crippen molar-refractivity contribution in [2.75, 3.05) is 44.7 Å². The number of anilines is 1. The van der Waals surface area contributed by atoms with E-state index in [4.69, 9.17) is 4.74 Å². The van der Waals surface area contributed by atoms with Crippen LogP contribution in [-0.2, 0) is 16.6 Å². The van der Waals surface area contributed by atoms with Gasteiger partial charge in [-0.25, -0.2) is 4.79 Å². The number of aliphatic imine (C=N–C) groups is 1. The number of rotatable bonds is 7. The molecule has 0 bridgehead atoms. The van der Waals surface area contributed by atoms with E-state index < -0.39 is 6.09 Å². The molecule has 0 saturated carbocycles. The number of nitrogens with one attached hydrogen (secondary N) is 2. The molecule has 1 atom stereocenters. The molecule has 1 saturated heterocycles. The maximum atomic E-state index is 12.6. The summed E-state index contributed by atoms with van der Waals surface area (Å²) in [5.41, 5.74) is 0.802. The van der Waals surface area contributed by atoms with E-state index in [2.05, 4.69) is 34.6 Å². The number of guanidine groups is 1. The second kappa shape index (κ2) is 12.6. The third-order valence-electron chi connectivity index (χ3n) is 4.59. The molecule has 1 aliphatic rings. The Morgan fingerprint density at radius 2 is 2.10 bits per heavy atom. The van der Waals surface area contributed by atoms with E-state index in [0.29, 0.717) is 38.1 Å². The van der Waals surface area contributed by atoms with Crippen molar-refractivity contribution in [3.8, 4) is 0 Å². The van der Waals surface area contributed by atoms with Crippen molar-refractivity contribution in [3.63, 3.8) is 0 Å². The molecule has 2 heterocycles. The number of aryl methyl sites for hydroxylation is 1. The fourth-order valence-corrected chi connectivity index (χ4v) is 3.32. The van der Waals surface area contributed by atoms with Gasteiger partial charge in [-0.1, -0.05) is 13.8 Å². The highest BCUT2D eigenvalue weighted by Crippen LogP contribution is 2.16. The number of ether oxygens (including phenoxy) is 1. The van der Waals surface area contributed by atoms with Crippen LogP contribution in [0.25, 0.3) is 0 Å². The third-order valence-corrected chi connectivity index (χ3v) is 4.59. The number of aromatic nitrogens is 2. The SMILES string of the molecule is CCOC(=O)NC(CNC(=NC)N1CCN(c2cnn(C)c2)C(=O)C1)CC(C)C.I. The van der Waals surface area contributed by atoms with Gasteiger partial charge in [0, 0.05) is 46.0 Å². The molecule has 1 unspecified atom stereocenters. The number of carbonyl (C=O) groups excluding carboxylic acids is 2. The van der Waals surface area contributed by atoms with Crippen molar-refractivity contribution in [3.05, 3.63) is 12.4 Å². The average Bonchev–Trinajstić information content (AvgIpc) is 3.08. The molecule has 1 aromatic rings. The summed E-state index contributed by atoms with van der Waals surface area (Å²) in [6.07, 6.45) is 3.91. The lowest BCUT2D eigenvalue weighted by Crippen LogP contribution is -2.56. The first-order valence-electron chi connectivity index (χ1n) is 10.0. The number of hydrogen-bond donors (Lipinski definition) is 2. The summed E-state index contributed by atoms with van der Waals surface area (Å²) in [6, 6.07) is -0.0989. The molecule has 10 nitrogen and oxygen atoms in total. The normalized spacial score (nSPS) is 15.7. The van der Waals surface area contributed by atoms with Crippen molar-refractivity contribution in [1.29, 1.82) is 0 Å². The molecule has 0 spiro atoms. The van der Waals surface area contributed by atoms with Crippen LogP contribution in [0.1, 0.15) is 27.2 Å². The Balaban J connectivity index is 0.00000450. The Labute approximate surface area is 195 Å². The molecule has 0 radical (unpaired) electrons. The van der Waals surface area contributed by atoms with E-state index in [0.717, 1.165) is 12.1 Å². The number of carbonyl (C=O) groups is 2. The molecule has 1 fully saturated rings. The Bertz CT molecular complexity index is 723. The maximum Gasteiger partial charge on any atom is 0.407 e. The fourth-order valence-electron chi connectivity index (χ4n) is 3.32. The predicted molar refractivity (Wildman–Crippen MR) is 127 cm³/mol. The lowest BCUT2D eigenvalue weighted by atomic mass is 10.0. The lowest BCUT2D eigenvalue weighted by Gasteiger charge is -2.35. The average molecular weight is 535 g/mol. The van der Waals surface area contributed by atoms with Crippen LogP contribution < -0.4 is 15.5 Å². The number of piperazine rings is 1. The first-order chi connectivity index (χ1) is 13.8. The third kappa shape index (κ3) is 7.65. The second-order valence-electron chi connectivity index (χ2n) is 7.46. The van der Waals surface area contributed by atoms with Crippen molar-refractivity contribution < 1.29 is 14.3 Å². The number of halogens is 1. The molecule has 30 heavy (non-hydrogen) atoms. The van der Waals surface area contributed by atoms with E-state index in [1.165, 1.54) is 0 Å². The van der Waals surface area contributed by atoms with Crippen molar-refractivity contribution >= 4 is 47.6 Å². The van der Waals surface area contributed by atoms with Gasteiger partial charge in [-0.05, 0) is 19.3 Å². The summed E-state index contributed by atoms with van der Waals surface area (Å²) in [4.78, 5) is 32.4. The monoisotopic (exact) mass is 535 g/mol. The van der Waals surface area contributed by atoms with Crippen LogP contribution in [0.5, 0.6) is 0 Å². The van der Waals surface area contributed by atoms with Crippen LogP contribution in [0.3, 0.4) is 0 Å². The standard InChI is InChI=1S/C19H33N7O3.HI/c1-6-29-19(28)23-15(9-14(2)3)10-21-18(20-4)25-7-8-26(17(27)13-25)16-11-22-24(5)12-16;/h11-12,14-15H,6-10,13H2,1-5H3,(H,20,21)(H,23,28);1H. The molecule has 11 heteroatoms. The van der Waals surface area contributed by atoms with E-state index in [-0.39, 0.29) is 42.5 Å². The Morgan fingerprint density at radius 3 is 2.63 bits per heavy atom. The van der Waals surface area contributed by atoms with Crippen LogP contribution in [0.15, 0.2) is 17.4 Å². The molecule has 170 valence electrons. The van der Waals surface area contributed by atoms with Gasteiger partial charge in [-0.3, -0.25) is 14.5 Å². The van der Waals surface area contributed by atoms with Gasteiger partial charge in [0.05, 0.1) is 18.5 Å². The van der Waals surface area contributed by atoms with Gasteiger partial charge in [0.1, 0.15) is 6.54 Å². The summed E-state index contributed by atoms with van der Waals surface area (Å²) >= 11 is 0. The van der Waals surface area contributed by atoms with Crippen LogP contribution >= 0.6 is 24.0 Å². The molecule has 1 aromatic heterocycles. The Hall–Kier alpha value is -2.05. The van der Waals surface area contributed by atoms with Gasteiger partial charge >= 0.3 is 6.09 Å². The van der Waals surface area contributed by atoms with Crippen molar-refractivity contribution in [2.24, 2.45) is 18.0 Å². The van der Waals surface area contributed by atoms with E-state index in [1.807, 2.05) is 18.1 Å². The van der Waals surface area contributed by atoms with Crippen LogP contribution in [0.4, 0.5) is 10.5 Å². The van der Waals surface area contributed by atoms with Crippen molar-refractivity contribution in [2.45, 2.75) is 33.2 Å². The molecular weight excluding hydrogens is 501 g/mol. The van der Waals surface area contributed by atoms with Gasteiger partial charge in [0.2, 0.25) is 5.91 Å². The summed E-state index contributed by atoms with van der Waals surface area (Å²) in [5, 5.41) is 10.3.